The van der Waals surface area contributed by atoms with Crippen molar-refractivity contribution in [2.75, 3.05) is 9.80 Å². The van der Waals surface area contributed by atoms with Gasteiger partial charge in [0.25, 0.3) is 0 Å². The number of pyridine rings is 1. The van der Waals surface area contributed by atoms with Crippen LogP contribution < -0.4 is 14.5 Å². The van der Waals surface area contributed by atoms with Crippen molar-refractivity contribution >= 4 is 44.7 Å². The van der Waals surface area contributed by atoms with Crippen LogP contribution in [0.4, 0.5) is 22.7 Å². The van der Waals surface area contributed by atoms with E-state index in [9.17, 15) is 0 Å². The van der Waals surface area contributed by atoms with E-state index in [1.54, 1.807) is 6.20 Å². The van der Waals surface area contributed by atoms with E-state index in [0.717, 1.165) is 50.3 Å². The van der Waals surface area contributed by atoms with Crippen LogP contribution in [-0.2, 0) is 21.1 Å². The summed E-state index contributed by atoms with van der Waals surface area (Å²) in [6.45, 7) is 8.62. The molecule has 0 N–H and O–H groups in total. The number of nitrogens with zero attached hydrogens (tertiary/aromatic N) is 3. The third-order valence-corrected chi connectivity index (χ3v) is 8.04. The first kappa shape index (κ1) is 28.9. The number of benzene rings is 5. The molecule has 0 saturated carbocycles. The topological polar surface area (TPSA) is 41.7 Å². The van der Waals surface area contributed by atoms with Gasteiger partial charge in [-0.3, -0.25) is 0 Å². The van der Waals surface area contributed by atoms with E-state index < -0.39 is 0 Å². The number of ether oxygens (including phenoxy) is 1. The first-order valence-electron chi connectivity index (χ1n) is 14.6. The van der Waals surface area contributed by atoms with Gasteiger partial charge in [-0.05, 0) is 67.2 Å². The Bertz CT molecular complexity index is 2170. The zero-order chi connectivity index (χ0) is 29.8. The molecule has 0 unspecified atom stereocenters. The Hall–Kier alpha value is -4.86. The molecular weight excluding hydrogens is 738 g/mol. The molecule has 224 valence electrons. The Kier molecular flexibility index (Phi) is 7.43. The smallest absolute Gasteiger partial charge is 0.123 e. The second kappa shape index (κ2) is 11.6. The van der Waals surface area contributed by atoms with E-state index in [0.29, 0.717) is 11.5 Å². The molecule has 0 bridgehead atoms. The number of furan rings is 1. The van der Waals surface area contributed by atoms with Gasteiger partial charge in [-0.2, -0.15) is 6.07 Å². The fourth-order valence-corrected chi connectivity index (χ4v) is 6.31. The van der Waals surface area contributed by atoms with Crippen LogP contribution in [0.25, 0.3) is 33.2 Å². The fraction of sp³-hybridized carbons (Fsp3) is 0.0769. The molecule has 7 aromatic rings. The summed E-state index contributed by atoms with van der Waals surface area (Å²) in [7, 11) is 0. The summed E-state index contributed by atoms with van der Waals surface area (Å²) < 4.78 is 12.7. The molecule has 3 heterocycles. The molecule has 8 rings (SSSR count). The summed E-state index contributed by atoms with van der Waals surface area (Å²) in [5, 5.41) is 1.99. The van der Waals surface area contributed by atoms with Gasteiger partial charge in [-0.1, -0.05) is 77.7 Å². The monoisotopic (exact) mass is 765 g/mol. The van der Waals surface area contributed by atoms with Gasteiger partial charge < -0.3 is 23.9 Å². The number of hydrogen-bond acceptors (Lipinski definition) is 5. The predicted octanol–water partition coefficient (Wildman–Crippen LogP) is 10.4. The van der Waals surface area contributed by atoms with Gasteiger partial charge >= 0.3 is 0 Å². The number of rotatable bonds is 5. The van der Waals surface area contributed by atoms with Crippen molar-refractivity contribution in [1.29, 1.82) is 0 Å². The third-order valence-electron chi connectivity index (χ3n) is 8.04. The summed E-state index contributed by atoms with van der Waals surface area (Å²) in [6.07, 6.45) is 1.79. The summed E-state index contributed by atoms with van der Waals surface area (Å²) >= 11 is 0. The van der Waals surface area contributed by atoms with E-state index in [-0.39, 0.29) is 21.1 Å². The first-order valence-corrected chi connectivity index (χ1v) is 14.6. The molecule has 0 fully saturated rings. The maximum Gasteiger partial charge on any atom is 0.123 e. The Labute approximate surface area is 277 Å². The first-order chi connectivity index (χ1) is 21.5. The molecule has 0 atom stereocenters. The van der Waals surface area contributed by atoms with Crippen LogP contribution in [0.1, 0.15) is 16.7 Å². The molecule has 1 aliphatic heterocycles. The van der Waals surface area contributed by atoms with Gasteiger partial charge in [0.05, 0.1) is 5.58 Å². The fourth-order valence-electron chi connectivity index (χ4n) is 6.31. The van der Waals surface area contributed by atoms with Crippen molar-refractivity contribution in [3.05, 3.63) is 145 Å². The van der Waals surface area contributed by atoms with Crippen LogP contribution in [0, 0.1) is 39.6 Å². The number of hydrogen-bond donors (Lipinski definition) is 0. The molecule has 5 nitrogen and oxygen atoms in total. The Balaban J connectivity index is 0.00000325. The van der Waals surface area contributed by atoms with Gasteiger partial charge in [-0.25, -0.2) is 0 Å². The van der Waals surface area contributed by atoms with Crippen LogP contribution in [0.15, 0.2) is 114 Å². The van der Waals surface area contributed by atoms with Crippen LogP contribution in [0.2, 0.25) is 0 Å². The molecular formula is C39H28N3O2Pt-3. The van der Waals surface area contributed by atoms with Crippen LogP contribution >= 0.6 is 0 Å². The van der Waals surface area contributed by atoms with Crippen molar-refractivity contribution in [2.24, 2.45) is 0 Å². The number of fused-ring (bicyclic) bond motifs is 4. The minimum Gasteiger partial charge on any atom is -0.503 e. The van der Waals surface area contributed by atoms with E-state index in [4.69, 9.17) is 9.15 Å². The quantitative estimate of drug-likeness (QED) is 0.163. The summed E-state index contributed by atoms with van der Waals surface area (Å²) in [5.41, 5.74) is 11.1. The van der Waals surface area contributed by atoms with Crippen LogP contribution in [-0.4, -0.2) is 4.98 Å². The van der Waals surface area contributed by atoms with E-state index in [2.05, 4.69) is 96.8 Å². The van der Waals surface area contributed by atoms with E-state index >= 15 is 0 Å². The standard InChI is InChI=1S/C39H28N3O2.Pt/c1-25-19-26(2)39(27(3)20-25)42-24-41(34-15-5-6-16-35(34)42)28-11-10-12-29(21-28)43-30-22-32(33-14-8-9-18-40-33)38-31-13-4-7-17-36(31)44-37(38)23-30;/h4-20,23-24H,1-3H3;/q-3;. The molecule has 45 heavy (non-hydrogen) atoms. The Morgan fingerprint density at radius 2 is 1.44 bits per heavy atom. The van der Waals surface area contributed by atoms with E-state index in [1.165, 1.54) is 22.4 Å². The van der Waals surface area contributed by atoms with Crippen molar-refractivity contribution in [3.8, 4) is 22.8 Å². The normalized spacial score (nSPS) is 12.4. The summed E-state index contributed by atoms with van der Waals surface area (Å²) in [5.74, 6) is 1.11. The Morgan fingerprint density at radius 3 is 2.22 bits per heavy atom. The zero-order valence-corrected chi connectivity index (χ0v) is 27.2. The zero-order valence-electron chi connectivity index (χ0n) is 24.9. The number of aryl methyl sites for hydroxylation is 3. The second-order valence-corrected chi connectivity index (χ2v) is 11.2. The van der Waals surface area contributed by atoms with Crippen LogP contribution in [0.3, 0.4) is 0 Å². The molecule has 5 aromatic carbocycles. The van der Waals surface area contributed by atoms with Crippen molar-refractivity contribution < 1.29 is 30.2 Å². The van der Waals surface area contributed by atoms with Crippen molar-refractivity contribution in [3.63, 3.8) is 0 Å². The third kappa shape index (κ3) is 5.07. The average Bonchev–Trinajstić information content (AvgIpc) is 3.60. The molecule has 0 saturated heterocycles. The van der Waals surface area contributed by atoms with Gasteiger partial charge in [0.1, 0.15) is 5.58 Å². The number of para-hydroxylation sites is 3. The molecule has 0 spiro atoms. The van der Waals surface area contributed by atoms with E-state index in [1.807, 2.05) is 60.7 Å². The molecule has 6 heteroatoms. The van der Waals surface area contributed by atoms with Gasteiger partial charge in [0, 0.05) is 55.8 Å². The molecule has 1 aliphatic rings. The van der Waals surface area contributed by atoms with Crippen molar-refractivity contribution in [1.82, 2.24) is 4.98 Å². The minimum atomic E-state index is 0. The maximum atomic E-state index is 6.44. The van der Waals surface area contributed by atoms with Gasteiger partial charge in [-0.15, -0.1) is 36.1 Å². The van der Waals surface area contributed by atoms with Crippen LogP contribution in [0.5, 0.6) is 11.5 Å². The molecule has 0 amide bonds. The average molecular weight is 766 g/mol. The predicted molar refractivity (Wildman–Crippen MR) is 177 cm³/mol. The summed E-state index contributed by atoms with van der Waals surface area (Å²) in [6, 6.07) is 41.6. The molecule has 0 radical (unpaired) electrons. The van der Waals surface area contributed by atoms with Crippen molar-refractivity contribution in [2.45, 2.75) is 20.8 Å². The van der Waals surface area contributed by atoms with Gasteiger partial charge in [0.2, 0.25) is 0 Å². The number of anilines is 4. The molecule has 0 aliphatic carbocycles. The number of aromatic nitrogens is 1. The summed E-state index contributed by atoms with van der Waals surface area (Å²) in [4.78, 5) is 9.05. The second-order valence-electron chi connectivity index (χ2n) is 11.2. The largest absolute Gasteiger partial charge is 0.503 e. The Morgan fingerprint density at radius 1 is 0.711 bits per heavy atom. The van der Waals surface area contributed by atoms with Gasteiger partial charge in [0.15, 0.2) is 0 Å². The minimum absolute atomic E-state index is 0. The molecule has 2 aromatic heterocycles. The SMILES string of the molecule is Cc1cc(C)c(N2[CH-]N(c3[c-]c(Oc4[c-]c(-c5ccccn5)c5c(c4)oc4ccccc45)ccc3)c3ccccc32)c(C)c1.[Pt]. The maximum absolute atomic E-state index is 6.44.